The summed E-state index contributed by atoms with van der Waals surface area (Å²) in [5, 5.41) is 18.7. The maximum atomic E-state index is 14.5. The topological polar surface area (TPSA) is 118 Å². The van der Waals surface area contributed by atoms with E-state index in [2.05, 4.69) is 10.3 Å². The zero-order valence-corrected chi connectivity index (χ0v) is 22.2. The third-order valence-electron chi connectivity index (χ3n) is 8.50. The largest absolute Gasteiger partial charge is 0.461 e. The molecule has 1 N–H and O–H groups in total. The molecule has 0 aliphatic carbocycles. The lowest BCUT2D eigenvalue weighted by Crippen LogP contribution is -2.58. The van der Waals surface area contributed by atoms with Crippen LogP contribution in [0.2, 0.25) is 0 Å². The van der Waals surface area contributed by atoms with Crippen molar-refractivity contribution >= 4 is 40.6 Å². The number of thioether (sulfide) groups is 1. The van der Waals surface area contributed by atoms with Crippen molar-refractivity contribution in [3.05, 3.63) is 48.6 Å². The summed E-state index contributed by atoms with van der Waals surface area (Å²) in [4.78, 5) is 45.1. The molecule has 2 fully saturated rings. The summed E-state index contributed by atoms with van der Waals surface area (Å²) < 4.78 is 6.16. The van der Waals surface area contributed by atoms with E-state index >= 15 is 0 Å². The molecule has 10 nitrogen and oxygen atoms in total. The van der Waals surface area contributed by atoms with Gasteiger partial charge in [-0.15, -0.1) is 16.9 Å². The highest BCUT2D eigenvalue weighted by Gasteiger charge is 2.72. The molecule has 0 radical (unpaired) electrons. The van der Waals surface area contributed by atoms with Crippen LogP contribution >= 0.6 is 11.8 Å². The number of fused-ring (bicyclic) bond motifs is 3. The van der Waals surface area contributed by atoms with Crippen molar-refractivity contribution in [1.29, 1.82) is 0 Å². The minimum absolute atomic E-state index is 0.0469. The second kappa shape index (κ2) is 9.53. The standard InChI is InChI=1S/C27H31N5O5S/c1-3-16(2)19(14-33)32-23-25(35)30(15-31-18-9-5-4-8-17(18)28-29-31)12-7-11-27(23)22(24(32)34)21-20(38-27)10-6-13-37-26(21)36/h4-11,16,19-23,33H,3,12-15H2,1-2H3/t16-,19-,20-,21+,22-,23?,27-/m0/s1. The van der Waals surface area contributed by atoms with Crippen molar-refractivity contribution in [3.8, 4) is 0 Å². The Morgan fingerprint density at radius 2 is 2.03 bits per heavy atom. The Balaban J connectivity index is 1.44. The summed E-state index contributed by atoms with van der Waals surface area (Å²) >= 11 is 1.50. The Hall–Kier alpha value is -3.18. The number of carbonyl (C=O) groups excluding carboxylic acids is 3. The van der Waals surface area contributed by atoms with Gasteiger partial charge in [0.15, 0.2) is 0 Å². The summed E-state index contributed by atoms with van der Waals surface area (Å²) in [5.41, 5.74) is 1.53. The predicted octanol–water partition coefficient (Wildman–Crippen LogP) is 1.60. The first-order chi connectivity index (χ1) is 18.4. The van der Waals surface area contributed by atoms with Crippen LogP contribution < -0.4 is 0 Å². The SMILES string of the molecule is CC[C@H](C)[C@H](CO)N1C(=O)[C@@H]2[C@@H]3C(=O)OCC=C[C@@H]3S[C@@]23C=CCN(Cn2nnc4ccccc42)C(=O)C13. The van der Waals surface area contributed by atoms with Crippen molar-refractivity contribution in [1.82, 2.24) is 24.8 Å². The predicted molar refractivity (Wildman–Crippen MR) is 141 cm³/mol. The summed E-state index contributed by atoms with van der Waals surface area (Å²) in [7, 11) is 0. The van der Waals surface area contributed by atoms with Gasteiger partial charge < -0.3 is 19.6 Å². The molecule has 0 saturated carbocycles. The summed E-state index contributed by atoms with van der Waals surface area (Å²) in [6, 6.07) is 6.12. The Labute approximate surface area is 224 Å². The van der Waals surface area contributed by atoms with Gasteiger partial charge in [-0.1, -0.05) is 61.9 Å². The molecule has 2 amide bonds. The molecule has 2 saturated heterocycles. The maximum absolute atomic E-state index is 14.5. The van der Waals surface area contributed by atoms with Gasteiger partial charge in [0.05, 0.1) is 34.7 Å². The highest BCUT2D eigenvalue weighted by Crippen LogP contribution is 2.61. The van der Waals surface area contributed by atoms with Crippen LogP contribution in [0.3, 0.4) is 0 Å². The number of esters is 1. The van der Waals surface area contributed by atoms with Crippen LogP contribution in [0.5, 0.6) is 0 Å². The van der Waals surface area contributed by atoms with E-state index in [-0.39, 0.29) is 42.9 Å². The third-order valence-corrected chi connectivity index (χ3v) is 10.2. The summed E-state index contributed by atoms with van der Waals surface area (Å²) in [6.07, 6.45) is 8.35. The van der Waals surface area contributed by atoms with Gasteiger partial charge in [0.1, 0.15) is 24.8 Å². The Morgan fingerprint density at radius 1 is 1.21 bits per heavy atom. The molecule has 6 rings (SSSR count). The summed E-state index contributed by atoms with van der Waals surface area (Å²) in [6.45, 7) is 4.37. The fourth-order valence-electron chi connectivity index (χ4n) is 6.44. The first-order valence-corrected chi connectivity index (χ1v) is 14.0. The number of nitrogens with zero attached hydrogens (tertiary/aromatic N) is 5. The van der Waals surface area contributed by atoms with Gasteiger partial charge in [-0.05, 0) is 18.1 Å². The number of benzene rings is 1. The molecule has 1 spiro atoms. The van der Waals surface area contributed by atoms with Gasteiger partial charge in [0, 0.05) is 11.8 Å². The van der Waals surface area contributed by atoms with Gasteiger partial charge in [0.25, 0.3) is 0 Å². The Morgan fingerprint density at radius 3 is 2.82 bits per heavy atom. The normalized spacial score (nSPS) is 32.0. The van der Waals surface area contributed by atoms with Gasteiger partial charge in [0.2, 0.25) is 11.8 Å². The minimum Gasteiger partial charge on any atom is -0.461 e. The fourth-order valence-corrected chi connectivity index (χ4v) is 8.43. The lowest BCUT2D eigenvalue weighted by Gasteiger charge is -2.40. The van der Waals surface area contributed by atoms with Crippen LogP contribution in [0.25, 0.3) is 11.0 Å². The molecule has 38 heavy (non-hydrogen) atoms. The van der Waals surface area contributed by atoms with Crippen molar-refractivity contribution in [2.24, 2.45) is 17.8 Å². The average molecular weight is 538 g/mol. The lowest BCUT2D eigenvalue weighted by molar-refractivity contribution is -0.152. The molecule has 4 aliphatic heterocycles. The van der Waals surface area contributed by atoms with Gasteiger partial charge >= 0.3 is 5.97 Å². The van der Waals surface area contributed by atoms with Gasteiger partial charge in [-0.2, -0.15) is 0 Å². The van der Waals surface area contributed by atoms with Crippen molar-refractivity contribution in [3.63, 3.8) is 0 Å². The average Bonchev–Trinajstić information content (AvgIpc) is 3.47. The number of hydrogen-bond acceptors (Lipinski definition) is 8. The van der Waals surface area contributed by atoms with Crippen LogP contribution in [-0.2, 0) is 25.8 Å². The van der Waals surface area contributed by atoms with Crippen LogP contribution in [0.4, 0.5) is 0 Å². The van der Waals surface area contributed by atoms with E-state index in [0.717, 1.165) is 17.5 Å². The van der Waals surface area contributed by atoms with Crippen LogP contribution in [0, 0.1) is 17.8 Å². The van der Waals surface area contributed by atoms with E-state index < -0.39 is 34.6 Å². The molecule has 200 valence electrons. The molecule has 0 bridgehead atoms. The van der Waals surface area contributed by atoms with Crippen LogP contribution in [0.15, 0.2) is 48.6 Å². The van der Waals surface area contributed by atoms with Crippen molar-refractivity contribution in [2.45, 2.75) is 49.0 Å². The molecule has 5 heterocycles. The molecular weight excluding hydrogens is 506 g/mol. The van der Waals surface area contributed by atoms with Crippen molar-refractivity contribution in [2.75, 3.05) is 19.8 Å². The molecule has 4 aliphatic rings. The maximum Gasteiger partial charge on any atom is 0.311 e. The number of amides is 2. The van der Waals surface area contributed by atoms with Gasteiger partial charge in [-0.25, -0.2) is 4.68 Å². The van der Waals surface area contributed by atoms with Gasteiger partial charge in [-0.3, -0.25) is 14.4 Å². The molecule has 1 aromatic heterocycles. The molecular formula is C27H31N5O5S. The molecule has 1 unspecified atom stereocenters. The first-order valence-electron chi connectivity index (χ1n) is 13.1. The van der Waals surface area contributed by atoms with Crippen molar-refractivity contribution < 1.29 is 24.2 Å². The quantitative estimate of drug-likeness (QED) is 0.436. The number of rotatable bonds is 6. The molecule has 7 atom stereocenters. The second-order valence-corrected chi connectivity index (χ2v) is 12.0. The van der Waals surface area contributed by atoms with E-state index in [1.807, 2.05) is 62.4 Å². The number of likely N-dealkylation sites (tertiary alicyclic amines) is 1. The lowest BCUT2D eigenvalue weighted by atomic mass is 9.78. The zero-order chi connectivity index (χ0) is 26.6. The number of aromatic nitrogens is 3. The van der Waals surface area contributed by atoms with E-state index in [0.29, 0.717) is 6.54 Å². The second-order valence-electron chi connectivity index (χ2n) is 10.5. The van der Waals surface area contributed by atoms with E-state index in [1.165, 1.54) is 11.8 Å². The van der Waals surface area contributed by atoms with E-state index in [4.69, 9.17) is 4.74 Å². The summed E-state index contributed by atoms with van der Waals surface area (Å²) in [5.74, 6) is -2.42. The third kappa shape index (κ3) is 3.62. The number of ether oxygens (including phenoxy) is 1. The van der Waals surface area contributed by atoms with E-state index in [1.54, 1.807) is 14.5 Å². The number of cyclic esters (lactones) is 1. The van der Waals surface area contributed by atoms with Crippen LogP contribution in [0.1, 0.15) is 20.3 Å². The van der Waals surface area contributed by atoms with Crippen LogP contribution in [-0.4, -0.2) is 89.5 Å². The number of aliphatic hydroxyl groups is 1. The highest BCUT2D eigenvalue weighted by atomic mass is 32.2. The zero-order valence-electron chi connectivity index (χ0n) is 21.3. The highest BCUT2D eigenvalue weighted by molar-refractivity contribution is 8.02. The fraction of sp³-hybridized carbons (Fsp3) is 0.519. The Kier molecular flexibility index (Phi) is 6.30. The Bertz CT molecular complexity index is 1340. The van der Waals surface area contributed by atoms with E-state index in [9.17, 15) is 19.5 Å². The molecule has 1 aromatic carbocycles. The first kappa shape index (κ1) is 25.1. The monoisotopic (exact) mass is 537 g/mol. The smallest absolute Gasteiger partial charge is 0.311 e. The number of aliphatic hydroxyl groups excluding tert-OH is 1. The number of hydrogen-bond donors (Lipinski definition) is 1. The minimum atomic E-state index is -0.954. The molecule has 11 heteroatoms. The molecule has 2 aromatic rings. The number of para-hydroxylation sites is 1. The number of carbonyl (C=O) groups is 3.